The third-order valence-corrected chi connectivity index (χ3v) is 4.08. The second kappa shape index (κ2) is 11.0. The van der Waals surface area contributed by atoms with Crippen molar-refractivity contribution in [1.29, 1.82) is 0 Å². The maximum atomic E-state index is 13.8. The van der Waals surface area contributed by atoms with Crippen LogP contribution in [-0.2, 0) is 20.9 Å². The quantitative estimate of drug-likeness (QED) is 0.551. The molecule has 0 spiro atoms. The molecule has 0 aliphatic rings. The van der Waals surface area contributed by atoms with E-state index in [1.165, 1.54) is 12.1 Å². The van der Waals surface area contributed by atoms with Gasteiger partial charge in [-0.15, -0.1) is 0 Å². The number of benzene rings is 2. The molecule has 0 aliphatic heterocycles. The maximum absolute atomic E-state index is 13.8. The average Bonchev–Trinajstić information content (AvgIpc) is 2.63. The third kappa shape index (κ3) is 7.46. The van der Waals surface area contributed by atoms with Gasteiger partial charge in [0.25, 0.3) is 0 Å². The molecule has 2 aromatic carbocycles. The first-order valence-corrected chi connectivity index (χ1v) is 9.53. The summed E-state index contributed by atoms with van der Waals surface area (Å²) in [7, 11) is 0. The van der Waals surface area contributed by atoms with Crippen LogP contribution < -0.4 is 10.6 Å². The van der Waals surface area contributed by atoms with Gasteiger partial charge in [-0.1, -0.05) is 23.7 Å². The molecule has 5 nitrogen and oxygen atoms in total. The van der Waals surface area contributed by atoms with Crippen molar-refractivity contribution >= 4 is 28.9 Å². The van der Waals surface area contributed by atoms with Gasteiger partial charge in [-0.3, -0.25) is 4.79 Å². The van der Waals surface area contributed by atoms with Gasteiger partial charge in [-0.2, -0.15) is 0 Å². The molecule has 7 heteroatoms. The predicted octanol–water partition coefficient (Wildman–Crippen LogP) is 4.86. The zero-order valence-corrected chi connectivity index (χ0v) is 17.1. The molecular weight excluding hydrogens is 383 g/mol. The molecule has 0 saturated heterocycles. The fraction of sp³-hybridized carbons (Fsp3) is 0.381. The summed E-state index contributed by atoms with van der Waals surface area (Å²) in [6, 6.07) is 11.2. The molecule has 1 unspecified atom stereocenters. The Morgan fingerprint density at radius 2 is 1.93 bits per heavy atom. The average molecular weight is 409 g/mol. The molecule has 0 aromatic heterocycles. The molecule has 0 bridgehead atoms. The lowest BCUT2D eigenvalue weighted by Crippen LogP contribution is -2.32. The normalized spacial score (nSPS) is 12.1. The van der Waals surface area contributed by atoms with E-state index in [9.17, 15) is 9.18 Å². The second-order valence-electron chi connectivity index (χ2n) is 6.65. The van der Waals surface area contributed by atoms with E-state index in [1.807, 2.05) is 38.1 Å². The largest absolute Gasteiger partial charge is 0.376 e. The van der Waals surface area contributed by atoms with Crippen LogP contribution in [0, 0.1) is 5.82 Å². The Morgan fingerprint density at radius 1 is 1.14 bits per heavy atom. The number of rotatable bonds is 10. The van der Waals surface area contributed by atoms with Gasteiger partial charge in [-0.25, -0.2) is 4.39 Å². The summed E-state index contributed by atoms with van der Waals surface area (Å²) in [6.07, 6.45) is 0.185. The first-order valence-electron chi connectivity index (χ1n) is 9.16. The molecule has 2 rings (SSSR count). The molecule has 2 N–H and O–H groups in total. The van der Waals surface area contributed by atoms with Crippen LogP contribution in [0.5, 0.6) is 0 Å². The van der Waals surface area contributed by atoms with Gasteiger partial charge in [0.05, 0.1) is 31.6 Å². The predicted molar refractivity (Wildman–Crippen MR) is 110 cm³/mol. The minimum atomic E-state index is -0.575. The number of hydrogen-bond acceptors (Lipinski definition) is 4. The fourth-order valence-electron chi connectivity index (χ4n) is 2.43. The zero-order chi connectivity index (χ0) is 20.5. The van der Waals surface area contributed by atoms with E-state index in [0.717, 1.165) is 17.3 Å². The highest BCUT2D eigenvalue weighted by molar-refractivity contribution is 6.30. The van der Waals surface area contributed by atoms with Crippen molar-refractivity contribution in [1.82, 2.24) is 0 Å². The van der Waals surface area contributed by atoms with Crippen molar-refractivity contribution in [3.8, 4) is 0 Å². The monoisotopic (exact) mass is 408 g/mol. The number of carbonyl (C=O) groups is 1. The fourth-order valence-corrected chi connectivity index (χ4v) is 2.59. The van der Waals surface area contributed by atoms with Crippen molar-refractivity contribution in [2.45, 2.75) is 39.5 Å². The Balaban J connectivity index is 1.85. The minimum absolute atomic E-state index is 0.0915. The van der Waals surface area contributed by atoms with E-state index in [1.54, 1.807) is 6.92 Å². The zero-order valence-electron chi connectivity index (χ0n) is 16.3. The van der Waals surface area contributed by atoms with Gasteiger partial charge in [0.15, 0.2) is 0 Å². The summed E-state index contributed by atoms with van der Waals surface area (Å²) >= 11 is 5.72. The highest BCUT2D eigenvalue weighted by atomic mass is 35.5. The number of anilines is 2. The lowest BCUT2D eigenvalue weighted by molar-refractivity contribution is -0.116. The highest BCUT2D eigenvalue weighted by Gasteiger charge is 2.15. The van der Waals surface area contributed by atoms with E-state index in [4.69, 9.17) is 21.1 Å². The summed E-state index contributed by atoms with van der Waals surface area (Å²) in [4.78, 5) is 12.3. The second-order valence-corrected chi connectivity index (χ2v) is 7.09. The van der Waals surface area contributed by atoms with E-state index in [2.05, 4.69) is 10.6 Å². The number of halogens is 2. The summed E-state index contributed by atoms with van der Waals surface area (Å²) in [6.45, 7) is 7.18. The molecule has 0 aliphatic carbocycles. The van der Waals surface area contributed by atoms with Gasteiger partial charge < -0.3 is 20.1 Å². The molecule has 0 fully saturated rings. The van der Waals surface area contributed by atoms with Crippen LogP contribution in [0.4, 0.5) is 15.8 Å². The van der Waals surface area contributed by atoms with Crippen molar-refractivity contribution in [2.24, 2.45) is 0 Å². The van der Waals surface area contributed by atoms with Crippen LogP contribution in [0.15, 0.2) is 42.5 Å². The van der Waals surface area contributed by atoms with Crippen LogP contribution in [0.2, 0.25) is 5.02 Å². The van der Waals surface area contributed by atoms with Crippen molar-refractivity contribution in [3.63, 3.8) is 0 Å². The number of ether oxygens (including phenoxy) is 2. The molecule has 2 aromatic rings. The lowest BCUT2D eigenvalue weighted by atomic mass is 10.2. The van der Waals surface area contributed by atoms with Gasteiger partial charge >= 0.3 is 0 Å². The van der Waals surface area contributed by atoms with Crippen molar-refractivity contribution in [2.75, 3.05) is 23.8 Å². The molecule has 152 valence electrons. The number of carbonyl (C=O) groups excluding carboxylic acids is 1. The SMILES string of the molecule is CC(C)OCCOCc1cccc(NC(C)C(=O)Nc2ccc(Cl)cc2F)c1. The summed E-state index contributed by atoms with van der Waals surface area (Å²) in [5.74, 6) is -0.928. The van der Waals surface area contributed by atoms with E-state index in [-0.39, 0.29) is 22.7 Å². The molecule has 0 heterocycles. The highest BCUT2D eigenvalue weighted by Crippen LogP contribution is 2.19. The van der Waals surface area contributed by atoms with Crippen LogP contribution in [-0.4, -0.2) is 31.3 Å². The number of nitrogens with one attached hydrogen (secondary N) is 2. The Labute approximate surface area is 170 Å². The van der Waals surface area contributed by atoms with E-state index in [0.29, 0.717) is 19.8 Å². The van der Waals surface area contributed by atoms with Crippen LogP contribution in [0.25, 0.3) is 0 Å². The van der Waals surface area contributed by atoms with Crippen LogP contribution in [0.1, 0.15) is 26.3 Å². The Kier molecular flexibility index (Phi) is 8.70. The maximum Gasteiger partial charge on any atom is 0.246 e. The first kappa shape index (κ1) is 22.1. The van der Waals surface area contributed by atoms with Crippen LogP contribution >= 0.6 is 11.6 Å². The van der Waals surface area contributed by atoms with Gasteiger partial charge in [0.1, 0.15) is 11.9 Å². The minimum Gasteiger partial charge on any atom is -0.376 e. The Morgan fingerprint density at radius 3 is 2.64 bits per heavy atom. The first-order chi connectivity index (χ1) is 13.3. The standard InChI is InChI=1S/C21H26ClFN2O3/c1-14(2)28-10-9-27-13-16-5-4-6-18(11-16)24-15(3)21(26)25-20-8-7-17(22)12-19(20)23/h4-8,11-12,14-15,24H,9-10,13H2,1-3H3,(H,25,26). The smallest absolute Gasteiger partial charge is 0.246 e. The van der Waals surface area contributed by atoms with E-state index >= 15 is 0 Å². The van der Waals surface area contributed by atoms with Crippen molar-refractivity contribution in [3.05, 3.63) is 58.9 Å². The summed E-state index contributed by atoms with van der Waals surface area (Å²) < 4.78 is 24.9. The molecule has 0 radical (unpaired) electrons. The molecular formula is C21H26ClFN2O3. The van der Waals surface area contributed by atoms with Crippen molar-refractivity contribution < 1.29 is 18.7 Å². The number of hydrogen-bond donors (Lipinski definition) is 2. The molecule has 28 heavy (non-hydrogen) atoms. The van der Waals surface area contributed by atoms with Gasteiger partial charge in [0, 0.05) is 10.7 Å². The molecule has 0 saturated carbocycles. The lowest BCUT2D eigenvalue weighted by Gasteiger charge is -2.16. The molecule has 1 amide bonds. The van der Waals surface area contributed by atoms with Gasteiger partial charge in [0.2, 0.25) is 5.91 Å². The Bertz CT molecular complexity index is 786. The van der Waals surface area contributed by atoms with Crippen LogP contribution in [0.3, 0.4) is 0 Å². The number of amides is 1. The van der Waals surface area contributed by atoms with E-state index < -0.39 is 11.9 Å². The van der Waals surface area contributed by atoms with Gasteiger partial charge in [-0.05, 0) is 56.7 Å². The third-order valence-electron chi connectivity index (χ3n) is 3.84. The topological polar surface area (TPSA) is 59.6 Å². The summed E-state index contributed by atoms with van der Waals surface area (Å²) in [5, 5.41) is 5.94. The molecule has 1 atom stereocenters. The Hall–Kier alpha value is -2.15. The summed E-state index contributed by atoms with van der Waals surface area (Å²) in [5.41, 5.74) is 1.85.